The van der Waals surface area contributed by atoms with Crippen LogP contribution in [0.1, 0.15) is 61.1 Å². The van der Waals surface area contributed by atoms with E-state index in [1.807, 2.05) is 33.8 Å². The van der Waals surface area contributed by atoms with E-state index in [1.165, 1.54) is 31.2 Å². The van der Waals surface area contributed by atoms with E-state index in [4.69, 9.17) is 35.3 Å². The molecule has 4 fully saturated rings. The van der Waals surface area contributed by atoms with Crippen LogP contribution in [0.3, 0.4) is 0 Å². The molecule has 7 rings (SSSR count). The molecule has 0 unspecified atom stereocenters. The fraction of sp³-hybridized carbons (Fsp3) is 0.514. The largest absolute Gasteiger partial charge is 0.353 e. The molecule has 0 N–H and O–H groups in total. The maximum atomic E-state index is 12.8. The zero-order valence-electron chi connectivity index (χ0n) is 29.2. The summed E-state index contributed by atoms with van der Waals surface area (Å²) < 4.78 is 76.8. The summed E-state index contributed by atoms with van der Waals surface area (Å²) in [6.07, 6.45) is 0.0196. The van der Waals surface area contributed by atoms with Gasteiger partial charge in [-0.2, -0.15) is 0 Å². The number of benzene rings is 3. The molecule has 0 spiro atoms. The summed E-state index contributed by atoms with van der Waals surface area (Å²) >= 11 is 5.68. The second kappa shape index (κ2) is 18.3. The molecule has 0 aliphatic carbocycles. The lowest BCUT2D eigenvalue weighted by Gasteiger charge is -2.48. The van der Waals surface area contributed by atoms with Gasteiger partial charge in [0.2, 0.25) is 0 Å². The average Bonchev–Trinajstić information content (AvgIpc) is 3.00. The molecule has 0 radical (unpaired) electrons. The third-order valence-electron chi connectivity index (χ3n) is 7.46. The van der Waals surface area contributed by atoms with E-state index in [-0.39, 0.29) is 28.9 Å². The lowest BCUT2D eigenvalue weighted by Crippen LogP contribution is -2.57. The molecule has 4 heterocycles. The zero-order valence-corrected chi connectivity index (χ0v) is 29.9. The first-order chi connectivity index (χ1) is 21.8. The quantitative estimate of drug-likeness (QED) is 0.221. The predicted molar refractivity (Wildman–Crippen MR) is 177 cm³/mol. The fourth-order valence-electron chi connectivity index (χ4n) is 4.10. The minimum Gasteiger partial charge on any atom is -0.353 e. The van der Waals surface area contributed by atoms with Crippen molar-refractivity contribution in [1.82, 2.24) is 0 Å². The topological polar surface area (TPSA) is 46.2 Å². The lowest BCUT2D eigenvalue weighted by atomic mass is 9.92. The van der Waals surface area contributed by atoms with E-state index < -0.39 is 17.6 Å². The first-order valence-corrected chi connectivity index (χ1v) is 15.9. The number of halogens is 5. The Morgan fingerprint density at radius 3 is 1.43 bits per heavy atom. The van der Waals surface area contributed by atoms with E-state index in [1.54, 1.807) is 32.9 Å². The molecule has 10 heteroatoms. The van der Waals surface area contributed by atoms with Crippen LogP contribution in [0, 0.1) is 76.1 Å². The Kier molecular flexibility index (Phi) is 15.8. The highest BCUT2D eigenvalue weighted by Gasteiger charge is 2.47. The van der Waals surface area contributed by atoms with Crippen molar-refractivity contribution in [2.45, 2.75) is 81.5 Å². The van der Waals surface area contributed by atoms with Gasteiger partial charge in [0.25, 0.3) is 5.97 Å². The van der Waals surface area contributed by atoms with Crippen LogP contribution in [0.25, 0.3) is 0 Å². The molecule has 4 aliphatic heterocycles. The van der Waals surface area contributed by atoms with Crippen LogP contribution in [0.5, 0.6) is 0 Å². The van der Waals surface area contributed by atoms with Crippen LogP contribution in [-0.4, -0.2) is 45.3 Å². The fourth-order valence-corrected chi connectivity index (χ4v) is 4.37. The van der Waals surface area contributed by atoms with Crippen LogP contribution in [0.2, 0.25) is 5.02 Å². The van der Waals surface area contributed by atoms with Crippen LogP contribution < -0.4 is 0 Å². The van der Waals surface area contributed by atoms with Crippen LogP contribution >= 0.6 is 11.6 Å². The van der Waals surface area contributed by atoms with E-state index in [0.717, 1.165) is 44.2 Å². The third kappa shape index (κ3) is 13.8. The molecule has 4 saturated heterocycles. The van der Waals surface area contributed by atoms with Crippen molar-refractivity contribution < 1.29 is 41.2 Å². The SMILES string of the molecule is CC12COC(C)(OC1)OC2.CC1COC(C)OC1.Cc1cc(F)c(C)c(Cl)c1.Cc1cc(F)c(C)c(F)c1.Cc1ccc(C)c(F)c1. The summed E-state index contributed by atoms with van der Waals surface area (Å²) in [6.45, 7) is 22.1. The highest BCUT2D eigenvalue weighted by molar-refractivity contribution is 6.31. The van der Waals surface area contributed by atoms with Gasteiger partial charge in [-0.25, -0.2) is 17.6 Å². The Bertz CT molecular complexity index is 1290. The molecule has 47 heavy (non-hydrogen) atoms. The molecule has 5 nitrogen and oxygen atoms in total. The van der Waals surface area contributed by atoms with Gasteiger partial charge < -0.3 is 23.7 Å². The Hall–Kier alpha value is -2.53. The highest BCUT2D eigenvalue weighted by atomic mass is 35.5. The van der Waals surface area contributed by atoms with Gasteiger partial charge >= 0.3 is 0 Å². The first-order valence-electron chi connectivity index (χ1n) is 15.6. The van der Waals surface area contributed by atoms with E-state index in [0.29, 0.717) is 27.6 Å². The van der Waals surface area contributed by atoms with Crippen LogP contribution in [0.4, 0.5) is 17.6 Å². The Morgan fingerprint density at radius 1 is 0.617 bits per heavy atom. The number of fused-ring (bicyclic) bond motifs is 3. The van der Waals surface area contributed by atoms with Crippen molar-refractivity contribution in [1.29, 1.82) is 0 Å². The molecule has 262 valence electrons. The number of hydrogen-bond donors (Lipinski definition) is 0. The highest BCUT2D eigenvalue weighted by Crippen LogP contribution is 2.37. The Balaban J connectivity index is 0.000000205. The molecular formula is C37H49ClF4O5. The maximum Gasteiger partial charge on any atom is 0.279 e. The van der Waals surface area contributed by atoms with E-state index >= 15 is 0 Å². The molecule has 3 aromatic carbocycles. The van der Waals surface area contributed by atoms with Gasteiger partial charge in [0.05, 0.1) is 33.0 Å². The molecule has 3 aromatic rings. The number of aryl methyl sites for hydroxylation is 4. The van der Waals surface area contributed by atoms with Crippen molar-refractivity contribution in [2.24, 2.45) is 11.3 Å². The van der Waals surface area contributed by atoms with Gasteiger partial charge in [-0.3, -0.25) is 0 Å². The van der Waals surface area contributed by atoms with Gasteiger partial charge in [-0.1, -0.05) is 37.6 Å². The summed E-state index contributed by atoms with van der Waals surface area (Å²) in [5, 5.41) is 0.498. The van der Waals surface area contributed by atoms with Gasteiger partial charge in [-0.15, -0.1) is 0 Å². The normalized spacial score (nSPS) is 24.2. The summed E-state index contributed by atoms with van der Waals surface area (Å²) in [4.78, 5) is 0. The first kappa shape index (κ1) is 40.6. The monoisotopic (exact) mass is 684 g/mol. The van der Waals surface area contributed by atoms with Crippen LogP contribution in [-0.2, 0) is 23.7 Å². The van der Waals surface area contributed by atoms with Crippen molar-refractivity contribution in [2.75, 3.05) is 33.0 Å². The molecule has 0 aromatic heterocycles. The van der Waals surface area contributed by atoms with E-state index in [9.17, 15) is 17.6 Å². The molecular weight excluding hydrogens is 636 g/mol. The molecule has 0 atom stereocenters. The molecule has 0 amide bonds. The summed E-state index contributed by atoms with van der Waals surface area (Å²) in [7, 11) is 0. The summed E-state index contributed by atoms with van der Waals surface area (Å²) in [5.74, 6) is -1.46. The summed E-state index contributed by atoms with van der Waals surface area (Å²) in [5.41, 5.74) is 3.85. The molecule has 4 aliphatic rings. The molecule has 0 saturated carbocycles. The smallest absolute Gasteiger partial charge is 0.279 e. The predicted octanol–water partition coefficient (Wildman–Crippen LogP) is 9.88. The minimum absolute atomic E-state index is 0.0196. The average molecular weight is 685 g/mol. The number of hydrogen-bond acceptors (Lipinski definition) is 5. The van der Waals surface area contributed by atoms with Crippen LogP contribution in [0.15, 0.2) is 42.5 Å². The third-order valence-corrected chi connectivity index (χ3v) is 7.85. The minimum atomic E-state index is -0.738. The maximum absolute atomic E-state index is 12.8. The second-order valence-corrected chi connectivity index (χ2v) is 13.2. The molecule has 2 bridgehead atoms. The van der Waals surface area contributed by atoms with E-state index in [2.05, 4.69) is 13.8 Å². The standard InChI is InChI=1S/C8H8ClF.C8H8F2.C8H9F.C7H12O3.C6H12O2/c2*1-5-3-7(9)6(2)8(10)4-5;1-6-3-4-7(2)8(9)5-6;1-6-3-8-7(2,9-4-6)10-5-6;1-5-3-7-6(2)8-4-5/h2*3-4H,1-2H3;3-5H,1-2H3;3-5H2,1-2H3;5-6H,3-4H2,1-2H3. The van der Waals surface area contributed by atoms with Crippen molar-refractivity contribution in [3.63, 3.8) is 0 Å². The summed E-state index contributed by atoms with van der Waals surface area (Å²) in [6, 6.07) is 11.1. The van der Waals surface area contributed by atoms with Crippen molar-refractivity contribution in [3.05, 3.63) is 104 Å². The van der Waals surface area contributed by atoms with Crippen molar-refractivity contribution in [3.8, 4) is 0 Å². The second-order valence-electron chi connectivity index (χ2n) is 12.8. The number of rotatable bonds is 0. The lowest BCUT2D eigenvalue weighted by molar-refractivity contribution is -0.457. The van der Waals surface area contributed by atoms with Gasteiger partial charge in [0, 0.05) is 34.4 Å². The Labute approximate surface area is 282 Å². The van der Waals surface area contributed by atoms with Crippen molar-refractivity contribution >= 4 is 11.6 Å². The zero-order chi connectivity index (χ0) is 35.5. The Morgan fingerprint density at radius 2 is 1.04 bits per heavy atom. The van der Waals surface area contributed by atoms with Gasteiger partial charge in [0.15, 0.2) is 6.29 Å². The van der Waals surface area contributed by atoms with Gasteiger partial charge in [-0.05, 0) is 101 Å². The van der Waals surface area contributed by atoms with Gasteiger partial charge in [0.1, 0.15) is 23.3 Å². The number of ether oxygens (including phenoxy) is 5.